The van der Waals surface area contributed by atoms with E-state index in [2.05, 4.69) is 28.7 Å². The van der Waals surface area contributed by atoms with Gasteiger partial charge in [0, 0.05) is 57.4 Å². The quantitative estimate of drug-likeness (QED) is 0.808. The molecule has 0 N–H and O–H groups in total. The van der Waals surface area contributed by atoms with Crippen LogP contribution in [0.2, 0.25) is 0 Å². The van der Waals surface area contributed by atoms with E-state index >= 15 is 0 Å². The number of piperidine rings is 1. The second kappa shape index (κ2) is 5.39. The minimum Gasteiger partial charge on any atom is -0.332 e. The largest absolute Gasteiger partial charge is 0.332 e. The molecule has 21 heavy (non-hydrogen) atoms. The highest BCUT2D eigenvalue weighted by atomic mass is 16.2. The third-order valence-electron chi connectivity index (χ3n) is 4.39. The van der Waals surface area contributed by atoms with Crippen LogP contribution in [0.5, 0.6) is 0 Å². The molecule has 0 aromatic carbocycles. The first-order valence-corrected chi connectivity index (χ1v) is 7.44. The molecule has 1 aliphatic heterocycles. The Morgan fingerprint density at radius 1 is 1.33 bits per heavy atom. The molecule has 2 amide bonds. The van der Waals surface area contributed by atoms with Crippen molar-refractivity contribution < 1.29 is 4.79 Å². The first-order valence-electron chi connectivity index (χ1n) is 7.44. The molecule has 3 heterocycles. The third-order valence-corrected chi connectivity index (χ3v) is 4.39. The van der Waals surface area contributed by atoms with Gasteiger partial charge >= 0.3 is 6.03 Å². The number of carbonyl (C=O) groups excluding carboxylic acids is 1. The summed E-state index contributed by atoms with van der Waals surface area (Å²) in [5.41, 5.74) is 2.37. The zero-order chi connectivity index (χ0) is 15.0. The second-order valence-electron chi connectivity index (χ2n) is 5.98. The van der Waals surface area contributed by atoms with Crippen molar-refractivity contribution in [3.8, 4) is 0 Å². The van der Waals surface area contributed by atoms with E-state index in [1.54, 1.807) is 4.90 Å². The van der Waals surface area contributed by atoms with Crippen LogP contribution >= 0.6 is 0 Å². The van der Waals surface area contributed by atoms with Gasteiger partial charge in [-0.05, 0) is 31.0 Å². The van der Waals surface area contributed by atoms with Gasteiger partial charge in [0.05, 0.1) is 0 Å². The number of rotatable bonds is 1. The van der Waals surface area contributed by atoms with Crippen molar-refractivity contribution in [3.63, 3.8) is 0 Å². The van der Waals surface area contributed by atoms with Crippen LogP contribution in [0.15, 0.2) is 24.4 Å². The first-order chi connectivity index (χ1) is 10.1. The highest BCUT2D eigenvalue weighted by molar-refractivity contribution is 5.77. The van der Waals surface area contributed by atoms with Gasteiger partial charge in [-0.2, -0.15) is 0 Å². The van der Waals surface area contributed by atoms with Crippen molar-refractivity contribution in [2.45, 2.75) is 18.8 Å². The molecule has 2 aromatic rings. The van der Waals surface area contributed by atoms with Crippen molar-refractivity contribution in [1.82, 2.24) is 19.4 Å². The van der Waals surface area contributed by atoms with Gasteiger partial charge in [-0.1, -0.05) is 0 Å². The van der Waals surface area contributed by atoms with E-state index < -0.39 is 0 Å². The molecule has 0 unspecified atom stereocenters. The topological polar surface area (TPSA) is 41.4 Å². The number of nitrogens with zero attached hydrogens (tertiary/aromatic N) is 4. The molecule has 0 saturated carbocycles. The van der Waals surface area contributed by atoms with E-state index in [-0.39, 0.29) is 6.03 Å². The molecule has 0 spiro atoms. The number of hydrogen-bond donors (Lipinski definition) is 0. The average Bonchev–Trinajstić information content (AvgIpc) is 2.84. The summed E-state index contributed by atoms with van der Waals surface area (Å²) in [5.74, 6) is 0.510. The zero-order valence-electron chi connectivity index (χ0n) is 12.9. The van der Waals surface area contributed by atoms with Crippen molar-refractivity contribution in [2.75, 3.05) is 27.2 Å². The Hall–Kier alpha value is -2.04. The normalized spacial score (nSPS) is 16.4. The fourth-order valence-corrected chi connectivity index (χ4v) is 3.22. The van der Waals surface area contributed by atoms with Crippen molar-refractivity contribution in [1.29, 1.82) is 0 Å². The van der Waals surface area contributed by atoms with Crippen molar-refractivity contribution in [3.05, 3.63) is 30.1 Å². The molecular weight excluding hydrogens is 264 g/mol. The van der Waals surface area contributed by atoms with Gasteiger partial charge in [0.2, 0.25) is 0 Å². The van der Waals surface area contributed by atoms with Crippen molar-refractivity contribution >= 4 is 17.1 Å². The van der Waals surface area contributed by atoms with Gasteiger partial charge in [-0.15, -0.1) is 0 Å². The molecule has 5 nitrogen and oxygen atoms in total. The molecule has 3 rings (SSSR count). The fraction of sp³-hybridized carbons (Fsp3) is 0.500. The Morgan fingerprint density at radius 3 is 2.67 bits per heavy atom. The van der Waals surface area contributed by atoms with E-state index in [0.29, 0.717) is 5.92 Å². The summed E-state index contributed by atoms with van der Waals surface area (Å²) >= 11 is 0. The Labute approximate surface area is 125 Å². The number of pyridine rings is 1. The molecule has 0 aliphatic carbocycles. The maximum absolute atomic E-state index is 12.0. The van der Waals surface area contributed by atoms with E-state index in [4.69, 9.17) is 0 Å². The van der Waals surface area contributed by atoms with Gasteiger partial charge in [-0.25, -0.2) is 9.78 Å². The number of aryl methyl sites for hydroxylation is 1. The van der Waals surface area contributed by atoms with E-state index in [1.807, 2.05) is 31.3 Å². The Kier molecular flexibility index (Phi) is 3.57. The SMILES string of the molecule is CN(C)C(=O)N1CCC(c2cc3cccnc3n2C)CC1. The summed E-state index contributed by atoms with van der Waals surface area (Å²) in [7, 11) is 5.70. The zero-order valence-corrected chi connectivity index (χ0v) is 12.9. The molecule has 2 aromatic heterocycles. The number of urea groups is 1. The van der Waals surface area contributed by atoms with E-state index in [0.717, 1.165) is 31.6 Å². The minimum absolute atomic E-state index is 0.118. The Bertz CT molecular complexity index is 653. The molecular formula is C16H22N4O. The van der Waals surface area contributed by atoms with Crippen LogP contribution in [0.4, 0.5) is 4.79 Å². The lowest BCUT2D eigenvalue weighted by atomic mass is 9.93. The monoisotopic (exact) mass is 286 g/mol. The average molecular weight is 286 g/mol. The van der Waals surface area contributed by atoms with Gasteiger partial charge in [0.1, 0.15) is 5.65 Å². The number of likely N-dealkylation sites (tertiary alicyclic amines) is 1. The molecule has 112 valence electrons. The smallest absolute Gasteiger partial charge is 0.319 e. The van der Waals surface area contributed by atoms with Crippen LogP contribution in [0.3, 0.4) is 0 Å². The number of hydrogen-bond acceptors (Lipinski definition) is 2. The molecule has 5 heteroatoms. The van der Waals surface area contributed by atoms with Gasteiger partial charge in [-0.3, -0.25) is 0 Å². The molecule has 1 saturated heterocycles. The number of carbonyl (C=O) groups is 1. The van der Waals surface area contributed by atoms with Gasteiger partial charge in [0.25, 0.3) is 0 Å². The van der Waals surface area contributed by atoms with Crippen molar-refractivity contribution in [2.24, 2.45) is 7.05 Å². The van der Waals surface area contributed by atoms with Crippen LogP contribution < -0.4 is 0 Å². The summed E-state index contributed by atoms with van der Waals surface area (Å²) in [6, 6.07) is 6.45. The third kappa shape index (κ3) is 2.48. The van der Waals surface area contributed by atoms with Crippen LogP contribution in [0.1, 0.15) is 24.5 Å². The summed E-state index contributed by atoms with van der Waals surface area (Å²) in [4.78, 5) is 20.0. The molecule has 0 bridgehead atoms. The predicted molar refractivity (Wildman–Crippen MR) is 83.3 cm³/mol. The number of fused-ring (bicyclic) bond motifs is 1. The van der Waals surface area contributed by atoms with E-state index in [1.165, 1.54) is 11.1 Å². The van der Waals surface area contributed by atoms with Gasteiger partial charge in [0.15, 0.2) is 0 Å². The van der Waals surface area contributed by atoms with E-state index in [9.17, 15) is 4.79 Å². The lowest BCUT2D eigenvalue weighted by Crippen LogP contribution is -2.43. The molecule has 0 radical (unpaired) electrons. The number of amides is 2. The van der Waals surface area contributed by atoms with Gasteiger partial charge < -0.3 is 14.4 Å². The summed E-state index contributed by atoms with van der Waals surface area (Å²) in [6.45, 7) is 1.66. The summed E-state index contributed by atoms with van der Waals surface area (Å²) in [5, 5.41) is 1.20. The fourth-order valence-electron chi connectivity index (χ4n) is 3.22. The second-order valence-corrected chi connectivity index (χ2v) is 5.98. The lowest BCUT2D eigenvalue weighted by Gasteiger charge is -2.33. The highest BCUT2D eigenvalue weighted by Gasteiger charge is 2.26. The van der Waals surface area contributed by atoms with Crippen LogP contribution in [0.25, 0.3) is 11.0 Å². The first kappa shape index (κ1) is 13.9. The number of aromatic nitrogens is 2. The maximum Gasteiger partial charge on any atom is 0.319 e. The van der Waals surface area contributed by atoms with Crippen LogP contribution in [-0.2, 0) is 7.05 Å². The standard InChI is InChI=1S/C16H22N4O/c1-18(2)16(21)20-9-6-12(7-10-20)14-11-13-5-4-8-17-15(13)19(14)3/h4-5,8,11-12H,6-7,9-10H2,1-3H3. The predicted octanol–water partition coefficient (Wildman–Crippen LogP) is 2.43. The Balaban J connectivity index is 1.77. The maximum atomic E-state index is 12.0. The highest BCUT2D eigenvalue weighted by Crippen LogP contribution is 2.31. The molecule has 0 atom stereocenters. The molecule has 1 fully saturated rings. The van der Waals surface area contributed by atoms with Crippen LogP contribution in [0, 0.1) is 0 Å². The van der Waals surface area contributed by atoms with Crippen LogP contribution in [-0.4, -0.2) is 52.6 Å². The Morgan fingerprint density at radius 2 is 2.05 bits per heavy atom. The lowest BCUT2D eigenvalue weighted by molar-refractivity contribution is 0.156. The molecule has 1 aliphatic rings. The summed E-state index contributed by atoms with van der Waals surface area (Å²) in [6.07, 6.45) is 3.87. The summed E-state index contributed by atoms with van der Waals surface area (Å²) < 4.78 is 2.20. The minimum atomic E-state index is 0.118.